The molecule has 2 N–H and O–H groups in total. The van der Waals surface area contributed by atoms with Gasteiger partial charge in [0.05, 0.1) is 6.10 Å². The van der Waals surface area contributed by atoms with Gasteiger partial charge in [-0.05, 0) is 38.7 Å². The molecule has 132 valence electrons. The lowest BCUT2D eigenvalue weighted by atomic mass is 9.92. The largest absolute Gasteiger partial charge is 0.388 e. The monoisotopic (exact) mass is 349 g/mol. The van der Waals surface area contributed by atoms with E-state index < -0.39 is 6.10 Å². The number of likely N-dealkylation sites (tertiary alicyclic amines) is 1. The number of amides is 1. The average molecular weight is 349 g/mol. The number of benzene rings is 1. The molecule has 1 aromatic rings. The highest BCUT2D eigenvalue weighted by molar-refractivity contribution is 7.80. The van der Waals surface area contributed by atoms with Gasteiger partial charge in [0.2, 0.25) is 5.91 Å². The van der Waals surface area contributed by atoms with E-state index in [0.717, 1.165) is 24.8 Å². The number of hydrogen-bond acceptors (Lipinski definition) is 4. The second kappa shape index (κ2) is 8.19. The maximum Gasteiger partial charge on any atom is 0.228 e. The molecule has 0 spiro atoms. The molecular weight excluding hydrogens is 322 g/mol. The lowest BCUT2D eigenvalue weighted by Crippen LogP contribution is -2.49. The third kappa shape index (κ3) is 4.62. The van der Waals surface area contributed by atoms with E-state index in [4.69, 9.17) is 12.2 Å². The zero-order chi connectivity index (χ0) is 17.7. The van der Waals surface area contributed by atoms with Crippen molar-refractivity contribution in [3.05, 3.63) is 35.9 Å². The summed E-state index contributed by atoms with van der Waals surface area (Å²) in [5.41, 5.74) is 0.711. The predicted octanol–water partition coefficient (Wildman–Crippen LogP) is 2.71. The zero-order valence-corrected chi connectivity index (χ0v) is 15.3. The van der Waals surface area contributed by atoms with E-state index >= 15 is 0 Å². The number of nitrogens with zero attached hydrogens (tertiary/aromatic N) is 1. The minimum absolute atomic E-state index is 0.0819. The molecule has 4 nitrogen and oxygen atoms in total. The number of aliphatic hydroxyl groups is 2. The molecule has 24 heavy (non-hydrogen) atoms. The lowest BCUT2D eigenvalue weighted by Gasteiger charge is -2.36. The van der Waals surface area contributed by atoms with Crippen molar-refractivity contribution < 1.29 is 15.0 Å². The van der Waals surface area contributed by atoms with Crippen LogP contribution in [0.3, 0.4) is 0 Å². The number of carbonyl (C=O) groups excluding carboxylic acids is 1. The Bertz CT molecular complexity index is 573. The van der Waals surface area contributed by atoms with E-state index in [2.05, 4.69) is 0 Å². The van der Waals surface area contributed by atoms with Crippen molar-refractivity contribution in [3.63, 3.8) is 0 Å². The van der Waals surface area contributed by atoms with Gasteiger partial charge in [-0.25, -0.2) is 0 Å². The Morgan fingerprint density at radius 3 is 2.67 bits per heavy atom. The molecule has 0 saturated carbocycles. The first-order valence-corrected chi connectivity index (χ1v) is 8.93. The SMILES string of the molecule is CC1(C)CCC[C@H](CC(O)C(=S)Cc2ccccc2)C(=O)N1CO. The second-order valence-corrected chi connectivity index (χ2v) is 7.71. The quantitative estimate of drug-likeness (QED) is 0.775. The van der Waals surface area contributed by atoms with E-state index in [9.17, 15) is 15.0 Å². The van der Waals surface area contributed by atoms with Gasteiger partial charge in [-0.2, -0.15) is 0 Å². The minimum atomic E-state index is -0.782. The minimum Gasteiger partial charge on any atom is -0.388 e. The third-order valence-electron chi connectivity index (χ3n) is 4.93. The van der Waals surface area contributed by atoms with E-state index in [-0.39, 0.29) is 24.1 Å². The first kappa shape index (κ1) is 19.0. The fraction of sp³-hybridized carbons (Fsp3) is 0.579. The Morgan fingerprint density at radius 1 is 1.38 bits per heavy atom. The van der Waals surface area contributed by atoms with Crippen LogP contribution in [0.15, 0.2) is 30.3 Å². The van der Waals surface area contributed by atoms with Gasteiger partial charge in [-0.1, -0.05) is 49.0 Å². The Morgan fingerprint density at radius 2 is 2.04 bits per heavy atom. The highest BCUT2D eigenvalue weighted by atomic mass is 32.1. The second-order valence-electron chi connectivity index (χ2n) is 7.19. The zero-order valence-electron chi connectivity index (χ0n) is 14.4. The van der Waals surface area contributed by atoms with E-state index in [1.807, 2.05) is 44.2 Å². The Hall–Kier alpha value is -1.30. The third-order valence-corrected chi connectivity index (χ3v) is 5.35. The molecule has 1 amide bonds. The van der Waals surface area contributed by atoms with Crippen LogP contribution in [0.25, 0.3) is 0 Å². The van der Waals surface area contributed by atoms with Crippen LogP contribution in [-0.4, -0.2) is 44.3 Å². The molecule has 0 bridgehead atoms. The van der Waals surface area contributed by atoms with Gasteiger partial charge in [0.1, 0.15) is 6.73 Å². The standard InChI is InChI=1S/C19H27NO3S/c1-19(2)10-6-9-15(18(23)20(19)13-21)12-16(22)17(24)11-14-7-4-3-5-8-14/h3-5,7-8,15-16,21-22H,6,9-13H2,1-2H3/t15-,16?/m1/s1. The summed E-state index contributed by atoms with van der Waals surface area (Å²) in [4.78, 5) is 14.8. The molecule has 0 radical (unpaired) electrons. The number of rotatable bonds is 6. The molecule has 1 aliphatic rings. The van der Waals surface area contributed by atoms with Gasteiger partial charge < -0.3 is 15.1 Å². The molecule has 1 aromatic carbocycles. The molecule has 2 rings (SSSR count). The molecule has 0 aliphatic carbocycles. The van der Waals surface area contributed by atoms with Crippen molar-refractivity contribution in [3.8, 4) is 0 Å². The van der Waals surface area contributed by atoms with Crippen molar-refractivity contribution in [2.45, 2.75) is 57.6 Å². The molecule has 1 saturated heterocycles. The molecule has 1 fully saturated rings. The Balaban J connectivity index is 2.00. The summed E-state index contributed by atoms with van der Waals surface area (Å²) >= 11 is 5.38. The summed E-state index contributed by atoms with van der Waals surface area (Å²) in [5.74, 6) is -0.371. The highest BCUT2D eigenvalue weighted by Gasteiger charge is 2.38. The van der Waals surface area contributed by atoms with Crippen LogP contribution in [-0.2, 0) is 11.2 Å². The van der Waals surface area contributed by atoms with Crippen LogP contribution in [0.5, 0.6) is 0 Å². The van der Waals surface area contributed by atoms with Crippen LogP contribution in [0.2, 0.25) is 0 Å². The van der Waals surface area contributed by atoms with E-state index in [1.165, 1.54) is 4.90 Å². The van der Waals surface area contributed by atoms with Crippen LogP contribution in [0, 0.1) is 5.92 Å². The predicted molar refractivity (Wildman–Crippen MR) is 98.7 cm³/mol. The smallest absolute Gasteiger partial charge is 0.228 e. The van der Waals surface area contributed by atoms with Gasteiger partial charge in [0.15, 0.2) is 0 Å². The van der Waals surface area contributed by atoms with Crippen LogP contribution in [0.1, 0.15) is 45.1 Å². The van der Waals surface area contributed by atoms with Gasteiger partial charge in [-0.15, -0.1) is 0 Å². The lowest BCUT2D eigenvalue weighted by molar-refractivity contribution is -0.145. The summed E-state index contributed by atoms with van der Waals surface area (Å²) in [7, 11) is 0. The summed E-state index contributed by atoms with van der Waals surface area (Å²) in [5, 5.41) is 20.1. The summed E-state index contributed by atoms with van der Waals surface area (Å²) in [6.45, 7) is 3.66. The van der Waals surface area contributed by atoms with Gasteiger partial charge in [-0.3, -0.25) is 4.79 Å². The van der Waals surface area contributed by atoms with Crippen molar-refractivity contribution in [1.82, 2.24) is 4.90 Å². The molecular formula is C19H27NO3S. The Kier molecular flexibility index (Phi) is 6.49. The maximum absolute atomic E-state index is 12.7. The summed E-state index contributed by atoms with van der Waals surface area (Å²) < 4.78 is 0. The molecule has 1 unspecified atom stereocenters. The van der Waals surface area contributed by atoms with Gasteiger partial charge in [0.25, 0.3) is 0 Å². The summed E-state index contributed by atoms with van der Waals surface area (Å²) in [6.07, 6.45) is 2.56. The highest BCUT2D eigenvalue weighted by Crippen LogP contribution is 2.31. The van der Waals surface area contributed by atoms with Crippen molar-refractivity contribution in [1.29, 1.82) is 0 Å². The number of hydrogen-bond donors (Lipinski definition) is 2. The normalized spacial score (nSPS) is 22.1. The molecule has 2 atom stereocenters. The van der Waals surface area contributed by atoms with Crippen molar-refractivity contribution in [2.24, 2.45) is 5.92 Å². The summed E-state index contributed by atoms with van der Waals surface area (Å²) in [6, 6.07) is 9.79. The topological polar surface area (TPSA) is 60.8 Å². The van der Waals surface area contributed by atoms with Crippen LogP contribution < -0.4 is 0 Å². The van der Waals surface area contributed by atoms with Crippen molar-refractivity contribution in [2.75, 3.05) is 6.73 Å². The fourth-order valence-corrected chi connectivity index (χ4v) is 3.62. The molecule has 1 heterocycles. The van der Waals surface area contributed by atoms with E-state index in [0.29, 0.717) is 17.7 Å². The fourth-order valence-electron chi connectivity index (χ4n) is 3.35. The van der Waals surface area contributed by atoms with E-state index in [1.54, 1.807) is 0 Å². The maximum atomic E-state index is 12.7. The molecule has 5 heteroatoms. The Labute approximate surface area is 149 Å². The number of carbonyl (C=O) groups is 1. The van der Waals surface area contributed by atoms with Crippen molar-refractivity contribution >= 4 is 23.0 Å². The van der Waals surface area contributed by atoms with Gasteiger partial charge >= 0.3 is 0 Å². The van der Waals surface area contributed by atoms with Crippen LogP contribution in [0.4, 0.5) is 0 Å². The average Bonchev–Trinajstić information content (AvgIpc) is 2.64. The first-order chi connectivity index (χ1) is 11.3. The van der Waals surface area contributed by atoms with Crippen LogP contribution >= 0.6 is 12.2 Å². The molecule has 1 aliphatic heterocycles. The molecule has 0 aromatic heterocycles. The van der Waals surface area contributed by atoms with Gasteiger partial charge in [0, 0.05) is 22.7 Å². The first-order valence-electron chi connectivity index (χ1n) is 8.52. The number of thiocarbonyl (C=S) groups is 1. The number of aliphatic hydroxyl groups excluding tert-OH is 2.